The van der Waals surface area contributed by atoms with Gasteiger partial charge in [0.1, 0.15) is 5.69 Å². The van der Waals surface area contributed by atoms with Crippen molar-refractivity contribution in [1.29, 1.82) is 0 Å². The summed E-state index contributed by atoms with van der Waals surface area (Å²) in [5.74, 6) is 0.624. The lowest BCUT2D eigenvalue weighted by Gasteiger charge is -2.29. The molecular formula is C17H23N3O2S. The molecule has 0 radical (unpaired) electrons. The minimum Gasteiger partial charge on any atom is -0.381 e. The molecule has 1 saturated carbocycles. The quantitative estimate of drug-likeness (QED) is 0.845. The van der Waals surface area contributed by atoms with E-state index in [0.717, 1.165) is 17.4 Å². The van der Waals surface area contributed by atoms with Gasteiger partial charge >= 0.3 is 0 Å². The van der Waals surface area contributed by atoms with E-state index in [2.05, 4.69) is 22.6 Å². The van der Waals surface area contributed by atoms with Gasteiger partial charge < -0.3 is 10.5 Å². The first-order valence-electron chi connectivity index (χ1n) is 7.82. The molecule has 0 bridgehead atoms. The summed E-state index contributed by atoms with van der Waals surface area (Å²) in [6, 6.07) is 5.20. The van der Waals surface area contributed by atoms with Crippen molar-refractivity contribution in [2.24, 2.45) is 11.7 Å². The van der Waals surface area contributed by atoms with E-state index in [9.17, 15) is 4.79 Å². The third-order valence-electron chi connectivity index (χ3n) is 4.15. The van der Waals surface area contributed by atoms with Crippen LogP contribution in [0.5, 0.6) is 0 Å². The average molecular weight is 333 g/mol. The van der Waals surface area contributed by atoms with E-state index in [1.807, 2.05) is 0 Å². The number of nitrogens with zero attached hydrogens (tertiary/aromatic N) is 2. The van der Waals surface area contributed by atoms with Crippen LogP contribution in [0.25, 0.3) is 10.9 Å². The Morgan fingerprint density at radius 1 is 1.35 bits per heavy atom. The normalized spacial score (nSPS) is 20.7. The van der Waals surface area contributed by atoms with Crippen molar-refractivity contribution in [2.75, 3.05) is 13.7 Å². The summed E-state index contributed by atoms with van der Waals surface area (Å²) >= 11 is 3.70. The van der Waals surface area contributed by atoms with Crippen LogP contribution in [0.15, 0.2) is 30.6 Å². The van der Waals surface area contributed by atoms with E-state index < -0.39 is 0 Å². The van der Waals surface area contributed by atoms with Crippen LogP contribution < -0.4 is 5.73 Å². The number of thiol groups is 1. The molecule has 124 valence electrons. The summed E-state index contributed by atoms with van der Waals surface area (Å²) in [6.07, 6.45) is 8.90. The van der Waals surface area contributed by atoms with E-state index in [1.54, 1.807) is 37.7 Å². The first kappa shape index (κ1) is 17.8. The Morgan fingerprint density at radius 2 is 2.13 bits per heavy atom. The average Bonchev–Trinajstić information content (AvgIpc) is 2.61. The van der Waals surface area contributed by atoms with Crippen LogP contribution in [0.1, 0.15) is 36.2 Å². The molecule has 1 aliphatic rings. The molecule has 1 fully saturated rings. The Morgan fingerprint density at radius 3 is 2.78 bits per heavy atom. The molecule has 2 N–H and O–H groups in total. The molecule has 2 heterocycles. The third kappa shape index (κ3) is 4.99. The van der Waals surface area contributed by atoms with Crippen LogP contribution in [0, 0.1) is 5.92 Å². The molecule has 0 amide bonds. The maximum absolute atomic E-state index is 10.9. The largest absolute Gasteiger partial charge is 0.381 e. The van der Waals surface area contributed by atoms with E-state index in [4.69, 9.17) is 10.5 Å². The molecule has 2 aromatic heterocycles. The molecule has 2 aromatic rings. The summed E-state index contributed by atoms with van der Waals surface area (Å²) < 4.78 is 5.31. The molecule has 2 unspecified atom stereocenters. The Kier molecular flexibility index (Phi) is 6.95. The summed E-state index contributed by atoms with van der Waals surface area (Å²) in [5.41, 5.74) is 6.71. The zero-order valence-electron chi connectivity index (χ0n) is 13.3. The molecule has 0 aliphatic heterocycles. The van der Waals surface area contributed by atoms with Gasteiger partial charge in [0, 0.05) is 24.9 Å². The first-order valence-corrected chi connectivity index (χ1v) is 8.27. The zero-order valence-corrected chi connectivity index (χ0v) is 14.2. The molecule has 1 aliphatic carbocycles. The van der Waals surface area contributed by atoms with Crippen molar-refractivity contribution in [3.05, 3.63) is 36.3 Å². The summed E-state index contributed by atoms with van der Waals surface area (Å²) in [4.78, 5) is 18.9. The Labute approximate surface area is 142 Å². The van der Waals surface area contributed by atoms with Crippen LogP contribution in [0.3, 0.4) is 0 Å². The zero-order chi connectivity index (χ0) is 16.7. The fourth-order valence-electron chi connectivity index (χ4n) is 2.84. The van der Waals surface area contributed by atoms with E-state index in [1.165, 1.54) is 25.7 Å². The van der Waals surface area contributed by atoms with E-state index >= 15 is 0 Å². The lowest BCUT2D eigenvalue weighted by atomic mass is 9.86. The number of ether oxygens (including phenoxy) is 1. The highest BCUT2D eigenvalue weighted by atomic mass is 32.1. The smallest absolute Gasteiger partial charge is 0.234 e. The predicted molar refractivity (Wildman–Crippen MR) is 94.7 cm³/mol. The van der Waals surface area contributed by atoms with Gasteiger partial charge in [-0.3, -0.25) is 9.78 Å². The monoisotopic (exact) mass is 333 g/mol. The summed E-state index contributed by atoms with van der Waals surface area (Å²) in [6.45, 7) is 0.790. The first-order chi connectivity index (χ1) is 11.2. The second kappa shape index (κ2) is 8.96. The third-order valence-corrected chi connectivity index (χ3v) is 4.38. The minimum atomic E-state index is -0.321. The fraction of sp³-hybridized carbons (Fsp3) is 0.471. The number of hydrogen-bond acceptors (Lipinski definition) is 5. The Balaban J connectivity index is 0.000000174. The highest BCUT2D eigenvalue weighted by Gasteiger charge is 2.22. The van der Waals surface area contributed by atoms with Crippen LogP contribution in [-0.2, 0) is 4.74 Å². The number of fused-ring (bicyclic) bond motifs is 1. The van der Waals surface area contributed by atoms with Gasteiger partial charge in [0.15, 0.2) is 0 Å². The van der Waals surface area contributed by atoms with E-state index in [-0.39, 0.29) is 5.12 Å². The highest BCUT2D eigenvalue weighted by Crippen LogP contribution is 2.25. The van der Waals surface area contributed by atoms with Crippen molar-refractivity contribution in [1.82, 2.24) is 9.97 Å². The van der Waals surface area contributed by atoms with Crippen molar-refractivity contribution in [3.8, 4) is 0 Å². The van der Waals surface area contributed by atoms with Crippen LogP contribution in [0.2, 0.25) is 0 Å². The molecule has 3 rings (SSSR count). The Bertz CT molecular complexity index is 639. The molecule has 6 heteroatoms. The second-order valence-corrected chi connectivity index (χ2v) is 6.03. The number of hydrogen-bond donors (Lipinski definition) is 2. The molecule has 0 aromatic carbocycles. The number of methoxy groups -OCH3 is 1. The lowest BCUT2D eigenvalue weighted by Crippen LogP contribution is -2.32. The van der Waals surface area contributed by atoms with E-state index in [0.29, 0.717) is 17.7 Å². The number of pyridine rings is 2. The van der Waals surface area contributed by atoms with Crippen LogP contribution >= 0.6 is 12.6 Å². The molecule has 0 spiro atoms. The van der Waals surface area contributed by atoms with Gasteiger partial charge in [-0.05, 0) is 43.5 Å². The van der Waals surface area contributed by atoms with Gasteiger partial charge in [-0.2, -0.15) is 0 Å². The maximum atomic E-state index is 10.9. The Hall–Kier alpha value is -1.50. The number of rotatable bonds is 3. The molecule has 0 saturated heterocycles. The predicted octanol–water partition coefficient (Wildman–Crippen LogP) is 2.85. The molecule has 23 heavy (non-hydrogen) atoms. The fourth-order valence-corrected chi connectivity index (χ4v) is 2.96. The van der Waals surface area contributed by atoms with Gasteiger partial charge in [-0.25, -0.2) is 4.98 Å². The van der Waals surface area contributed by atoms with Crippen molar-refractivity contribution >= 4 is 28.6 Å². The second-order valence-electron chi connectivity index (χ2n) is 5.62. The van der Waals surface area contributed by atoms with Gasteiger partial charge in [0.2, 0.25) is 5.12 Å². The van der Waals surface area contributed by atoms with Crippen molar-refractivity contribution in [2.45, 2.75) is 31.8 Å². The van der Waals surface area contributed by atoms with Gasteiger partial charge in [0.25, 0.3) is 0 Å². The van der Waals surface area contributed by atoms with Gasteiger partial charge in [0.05, 0.1) is 11.6 Å². The van der Waals surface area contributed by atoms with Crippen molar-refractivity contribution in [3.63, 3.8) is 0 Å². The van der Waals surface area contributed by atoms with Gasteiger partial charge in [-0.15, -0.1) is 0 Å². The van der Waals surface area contributed by atoms with Gasteiger partial charge in [-0.1, -0.05) is 25.5 Å². The SMILES string of the molecule is COC1CCCCC1CN.O=C(S)c1ccc2cnccc2n1. The topological polar surface area (TPSA) is 78.1 Å². The minimum absolute atomic E-state index is 0.321. The molecule has 2 atom stereocenters. The molecule has 5 nitrogen and oxygen atoms in total. The highest BCUT2D eigenvalue weighted by molar-refractivity contribution is 7.97. The number of carbonyl (C=O) groups is 1. The number of carbonyl (C=O) groups excluding carboxylic acids is 1. The molecular weight excluding hydrogens is 310 g/mol. The maximum Gasteiger partial charge on any atom is 0.234 e. The van der Waals surface area contributed by atoms with Crippen LogP contribution in [-0.4, -0.2) is 34.8 Å². The summed E-state index contributed by atoms with van der Waals surface area (Å²) in [7, 11) is 1.79. The standard InChI is InChI=1S/C9H6N2OS.C8H17NO/c12-9(13)8-2-1-6-5-10-4-3-7(6)11-8;1-10-8-5-3-2-4-7(8)6-9/h1-5H,(H,12,13);7-8H,2-6,9H2,1H3. The lowest BCUT2D eigenvalue weighted by molar-refractivity contribution is 0.0272. The summed E-state index contributed by atoms with van der Waals surface area (Å²) in [5, 5.41) is 0.597. The van der Waals surface area contributed by atoms with Crippen molar-refractivity contribution < 1.29 is 9.53 Å². The number of nitrogens with two attached hydrogens (primary N) is 1. The number of aromatic nitrogens is 2. The van der Waals surface area contributed by atoms with Crippen LogP contribution in [0.4, 0.5) is 0 Å².